The zero-order chi connectivity index (χ0) is 26.0. The Morgan fingerprint density at radius 2 is 1.83 bits per heavy atom. The molecule has 36 heavy (non-hydrogen) atoms. The monoisotopic (exact) mass is 556 g/mol. The third-order valence-corrected chi connectivity index (χ3v) is 8.61. The summed E-state index contributed by atoms with van der Waals surface area (Å²) >= 11 is 12.4. The Morgan fingerprint density at radius 3 is 2.42 bits per heavy atom. The smallest absolute Gasteiger partial charge is 0.320 e. The van der Waals surface area contributed by atoms with Crippen molar-refractivity contribution in [2.24, 2.45) is 5.92 Å². The van der Waals surface area contributed by atoms with Gasteiger partial charge in [-0.2, -0.15) is 4.31 Å². The van der Waals surface area contributed by atoms with Gasteiger partial charge in [-0.05, 0) is 23.8 Å². The molecule has 4 rings (SSSR count). The van der Waals surface area contributed by atoms with E-state index in [0.717, 1.165) is 5.56 Å². The summed E-state index contributed by atoms with van der Waals surface area (Å²) in [7, 11) is -3.29. The zero-order valence-corrected chi connectivity index (χ0v) is 21.8. The summed E-state index contributed by atoms with van der Waals surface area (Å²) in [6, 6.07) is 8.23. The van der Waals surface area contributed by atoms with Crippen molar-refractivity contribution in [1.29, 1.82) is 0 Å². The number of aromatic nitrogens is 1. The number of halogens is 2. The Balaban J connectivity index is 1.47. The Labute approximate surface area is 219 Å². The summed E-state index contributed by atoms with van der Waals surface area (Å²) < 4.78 is 25.0. The van der Waals surface area contributed by atoms with Crippen LogP contribution in [0.25, 0.3) is 0 Å². The van der Waals surface area contributed by atoms with Crippen LogP contribution in [0.15, 0.2) is 36.5 Å². The number of sulfonamides is 1. The first-order valence-corrected chi connectivity index (χ1v) is 13.9. The van der Waals surface area contributed by atoms with E-state index in [9.17, 15) is 23.3 Å². The average molecular weight is 557 g/mol. The summed E-state index contributed by atoms with van der Waals surface area (Å²) in [6.45, 7) is 2.60. The number of anilines is 1. The molecule has 194 valence electrons. The van der Waals surface area contributed by atoms with Gasteiger partial charge in [-0.15, -0.1) is 0 Å². The number of carbonyl (C=O) groups excluding carboxylic acids is 1. The minimum atomic E-state index is -3.29. The van der Waals surface area contributed by atoms with Crippen molar-refractivity contribution in [3.05, 3.63) is 62.3 Å². The van der Waals surface area contributed by atoms with Crippen LogP contribution < -0.4 is 5.32 Å². The molecule has 14 heteroatoms. The molecular weight excluding hydrogens is 531 g/mol. The van der Waals surface area contributed by atoms with Crippen molar-refractivity contribution in [2.75, 3.05) is 57.4 Å². The van der Waals surface area contributed by atoms with Gasteiger partial charge in [0.15, 0.2) is 0 Å². The van der Waals surface area contributed by atoms with Crippen LogP contribution in [0.4, 0.5) is 16.3 Å². The van der Waals surface area contributed by atoms with Crippen molar-refractivity contribution in [2.45, 2.75) is 5.92 Å². The van der Waals surface area contributed by atoms with Crippen LogP contribution in [0.1, 0.15) is 11.5 Å². The van der Waals surface area contributed by atoms with Crippen molar-refractivity contribution in [1.82, 2.24) is 19.1 Å². The van der Waals surface area contributed by atoms with Crippen LogP contribution in [-0.2, 0) is 10.0 Å². The molecule has 1 aromatic heterocycles. The standard InChI is InChI=1S/C22H26Cl2N6O5S/c1-36(34,35)29-8-6-27(7-9-29)22(31)28-13-16(11-25-21-5-3-17(12-26-21)30(32)33)18(14-28)15-2-4-19(23)20(24)10-15/h2-5,10,12,16,18H,6-9,11,13-14H2,1H3,(H,25,26). The first-order chi connectivity index (χ1) is 17.0. The van der Waals surface area contributed by atoms with Crippen LogP contribution in [-0.4, -0.2) is 90.5 Å². The van der Waals surface area contributed by atoms with Crippen LogP contribution in [0.2, 0.25) is 10.0 Å². The second-order valence-corrected chi connectivity index (χ2v) is 11.7. The van der Waals surface area contributed by atoms with E-state index in [1.807, 2.05) is 12.1 Å². The van der Waals surface area contributed by atoms with Gasteiger partial charge in [-0.25, -0.2) is 18.2 Å². The SMILES string of the molecule is CS(=O)(=O)N1CCN(C(=O)N2CC(CNc3ccc([N+](=O)[O-])cn3)C(c3ccc(Cl)c(Cl)c3)C2)CC1. The van der Waals surface area contributed by atoms with E-state index in [1.165, 1.54) is 22.8 Å². The van der Waals surface area contributed by atoms with Gasteiger partial charge in [0.25, 0.3) is 5.69 Å². The molecule has 2 amide bonds. The highest BCUT2D eigenvalue weighted by atomic mass is 35.5. The number of urea groups is 1. The summed E-state index contributed by atoms with van der Waals surface area (Å²) in [4.78, 5) is 31.3. The second-order valence-electron chi connectivity index (χ2n) is 8.92. The molecule has 2 atom stereocenters. The molecule has 0 bridgehead atoms. The Morgan fingerprint density at radius 1 is 1.11 bits per heavy atom. The molecule has 0 radical (unpaired) electrons. The molecule has 0 aliphatic carbocycles. The predicted octanol–water partition coefficient (Wildman–Crippen LogP) is 3.12. The number of nitro groups is 1. The summed E-state index contributed by atoms with van der Waals surface area (Å²) in [5.74, 6) is 0.460. The number of rotatable bonds is 6. The molecule has 2 aromatic rings. The highest BCUT2D eigenvalue weighted by Crippen LogP contribution is 2.36. The highest BCUT2D eigenvalue weighted by Gasteiger charge is 2.39. The number of carbonyl (C=O) groups is 1. The number of pyridine rings is 1. The van der Waals surface area contributed by atoms with Gasteiger partial charge in [-0.3, -0.25) is 10.1 Å². The van der Waals surface area contributed by atoms with Gasteiger partial charge in [0, 0.05) is 63.7 Å². The second kappa shape index (κ2) is 10.8. The third-order valence-electron chi connectivity index (χ3n) is 6.57. The quantitative estimate of drug-likeness (QED) is 0.427. The Kier molecular flexibility index (Phi) is 7.88. The van der Waals surface area contributed by atoms with E-state index in [0.29, 0.717) is 48.6 Å². The first kappa shape index (κ1) is 26.4. The molecule has 0 spiro atoms. The summed E-state index contributed by atoms with van der Waals surface area (Å²) in [5, 5.41) is 15.0. The number of hydrogen-bond acceptors (Lipinski definition) is 7. The summed E-state index contributed by atoms with van der Waals surface area (Å²) in [5.41, 5.74) is 0.855. The fourth-order valence-corrected chi connectivity index (χ4v) is 5.73. The van der Waals surface area contributed by atoms with E-state index in [2.05, 4.69) is 10.3 Å². The maximum atomic E-state index is 13.3. The Hall–Kier alpha value is -2.67. The van der Waals surface area contributed by atoms with E-state index in [1.54, 1.807) is 21.9 Å². The average Bonchev–Trinajstić information content (AvgIpc) is 3.28. The lowest BCUT2D eigenvalue weighted by Gasteiger charge is -2.35. The number of likely N-dealkylation sites (tertiary alicyclic amines) is 1. The van der Waals surface area contributed by atoms with Gasteiger partial charge in [-0.1, -0.05) is 29.3 Å². The first-order valence-electron chi connectivity index (χ1n) is 11.3. The van der Waals surface area contributed by atoms with E-state index in [4.69, 9.17) is 23.2 Å². The topological polar surface area (TPSA) is 129 Å². The number of piperazine rings is 1. The minimum Gasteiger partial charge on any atom is -0.370 e. The predicted molar refractivity (Wildman–Crippen MR) is 137 cm³/mol. The molecule has 2 aliphatic rings. The molecule has 2 aliphatic heterocycles. The number of hydrogen-bond donors (Lipinski definition) is 1. The highest BCUT2D eigenvalue weighted by molar-refractivity contribution is 7.88. The third kappa shape index (κ3) is 6.00. The van der Waals surface area contributed by atoms with Crippen LogP contribution in [0.3, 0.4) is 0 Å². The van der Waals surface area contributed by atoms with Crippen LogP contribution in [0, 0.1) is 16.0 Å². The van der Waals surface area contributed by atoms with Crippen LogP contribution in [0.5, 0.6) is 0 Å². The molecule has 3 heterocycles. The Bertz CT molecular complexity index is 1240. The van der Waals surface area contributed by atoms with Gasteiger partial charge < -0.3 is 15.1 Å². The van der Waals surface area contributed by atoms with Gasteiger partial charge >= 0.3 is 6.03 Å². The zero-order valence-electron chi connectivity index (χ0n) is 19.5. The lowest BCUT2D eigenvalue weighted by molar-refractivity contribution is -0.385. The van der Waals surface area contributed by atoms with E-state index >= 15 is 0 Å². The molecule has 2 unspecified atom stereocenters. The van der Waals surface area contributed by atoms with E-state index in [-0.39, 0.29) is 36.6 Å². The van der Waals surface area contributed by atoms with Crippen molar-refractivity contribution >= 4 is 50.8 Å². The number of amides is 2. The van der Waals surface area contributed by atoms with Gasteiger partial charge in [0.2, 0.25) is 10.0 Å². The molecule has 2 saturated heterocycles. The van der Waals surface area contributed by atoms with Crippen molar-refractivity contribution in [3.63, 3.8) is 0 Å². The largest absolute Gasteiger partial charge is 0.370 e. The maximum Gasteiger partial charge on any atom is 0.320 e. The van der Waals surface area contributed by atoms with Gasteiger partial charge in [0.1, 0.15) is 12.0 Å². The number of benzene rings is 1. The van der Waals surface area contributed by atoms with Crippen LogP contribution >= 0.6 is 23.2 Å². The molecule has 1 aromatic carbocycles. The number of nitrogens with one attached hydrogen (secondary N) is 1. The fourth-order valence-electron chi connectivity index (χ4n) is 4.60. The molecular formula is C22H26Cl2N6O5S. The fraction of sp³-hybridized carbons (Fsp3) is 0.455. The minimum absolute atomic E-state index is 0.000456. The van der Waals surface area contributed by atoms with Crippen molar-refractivity contribution < 1.29 is 18.1 Å². The number of nitrogens with zero attached hydrogens (tertiary/aromatic N) is 5. The molecule has 2 fully saturated rings. The molecule has 1 N–H and O–H groups in total. The molecule has 11 nitrogen and oxygen atoms in total. The lowest BCUT2D eigenvalue weighted by atomic mass is 9.89. The molecule has 0 saturated carbocycles. The summed E-state index contributed by atoms with van der Waals surface area (Å²) in [6.07, 6.45) is 2.36. The maximum absolute atomic E-state index is 13.3. The normalized spacial score (nSPS) is 21.0. The lowest BCUT2D eigenvalue weighted by Crippen LogP contribution is -2.53. The van der Waals surface area contributed by atoms with Gasteiger partial charge in [0.05, 0.1) is 21.2 Å². The van der Waals surface area contributed by atoms with E-state index < -0.39 is 14.9 Å². The van der Waals surface area contributed by atoms with Crippen molar-refractivity contribution in [3.8, 4) is 0 Å².